The molecule has 4 aromatic rings. The third-order valence-corrected chi connectivity index (χ3v) is 6.58. The third-order valence-electron chi connectivity index (χ3n) is 3.99. The zero-order valence-corrected chi connectivity index (χ0v) is 16.8. The lowest BCUT2D eigenvalue weighted by Gasteiger charge is -2.13. The highest BCUT2D eigenvalue weighted by atomic mass is 32.2. The number of ether oxygens (including phenoxy) is 1. The van der Waals surface area contributed by atoms with Crippen molar-refractivity contribution in [1.82, 2.24) is 19.3 Å². The summed E-state index contributed by atoms with van der Waals surface area (Å²) < 4.78 is 32.8. The van der Waals surface area contributed by atoms with Crippen LogP contribution in [0.25, 0.3) is 21.1 Å². The quantitative estimate of drug-likeness (QED) is 0.382. The molecule has 0 fully saturated rings. The van der Waals surface area contributed by atoms with Crippen LogP contribution in [0.3, 0.4) is 0 Å². The van der Waals surface area contributed by atoms with E-state index in [2.05, 4.69) is 20.3 Å². The zero-order valence-electron chi connectivity index (χ0n) is 15.2. The van der Waals surface area contributed by atoms with Crippen molar-refractivity contribution < 1.29 is 13.2 Å². The van der Waals surface area contributed by atoms with E-state index in [1.54, 1.807) is 18.2 Å². The molecular weight excluding hydrogens is 398 g/mol. The highest BCUT2D eigenvalue weighted by molar-refractivity contribution is 7.88. The van der Waals surface area contributed by atoms with Gasteiger partial charge in [0.25, 0.3) is 15.2 Å². The summed E-state index contributed by atoms with van der Waals surface area (Å²) in [5.74, 6) is 0.194. The van der Waals surface area contributed by atoms with Crippen LogP contribution in [0.15, 0.2) is 53.7 Å². The number of benzene rings is 2. The van der Waals surface area contributed by atoms with Crippen molar-refractivity contribution in [2.24, 2.45) is 0 Å². The molecule has 10 heteroatoms. The number of nitrogens with one attached hydrogen (secondary N) is 1. The van der Waals surface area contributed by atoms with Gasteiger partial charge < -0.3 is 10.1 Å². The number of anilines is 1. The normalized spacial score (nSPS) is 12.0. The molecule has 0 aliphatic rings. The predicted octanol–water partition coefficient (Wildman–Crippen LogP) is 2.94. The minimum Gasteiger partial charge on any atom is -0.456 e. The first-order chi connectivity index (χ1) is 13.4. The largest absolute Gasteiger partial charge is 0.456 e. The van der Waals surface area contributed by atoms with Crippen molar-refractivity contribution in [2.75, 3.05) is 26.1 Å². The molecule has 1 N–H and O–H groups in total. The Morgan fingerprint density at radius 1 is 1.00 bits per heavy atom. The molecule has 0 amide bonds. The van der Waals surface area contributed by atoms with E-state index in [9.17, 15) is 8.42 Å². The maximum absolute atomic E-state index is 12.4. The molecule has 0 spiro atoms. The average molecular weight is 416 g/mol. The number of para-hydroxylation sites is 2. The van der Waals surface area contributed by atoms with Crippen molar-refractivity contribution in [2.45, 2.75) is 5.16 Å². The van der Waals surface area contributed by atoms with Crippen LogP contribution in [0.4, 0.5) is 5.13 Å². The van der Waals surface area contributed by atoms with Crippen LogP contribution < -0.4 is 10.1 Å². The van der Waals surface area contributed by atoms with Gasteiger partial charge in [0, 0.05) is 14.1 Å². The molecule has 4 rings (SSSR count). The van der Waals surface area contributed by atoms with Crippen molar-refractivity contribution in [3.8, 4) is 5.88 Å². The fraction of sp³-hybridized carbons (Fsp3) is 0.167. The summed E-state index contributed by atoms with van der Waals surface area (Å²) in [6, 6.07) is 14.9. The van der Waals surface area contributed by atoms with Gasteiger partial charge in [-0.2, -0.15) is 4.98 Å². The van der Waals surface area contributed by atoms with E-state index in [1.165, 1.54) is 25.4 Å². The lowest BCUT2D eigenvalue weighted by molar-refractivity contribution is 0.333. The van der Waals surface area contributed by atoms with Gasteiger partial charge in [-0.3, -0.25) is 0 Å². The Morgan fingerprint density at radius 2 is 1.71 bits per heavy atom. The monoisotopic (exact) mass is 415 g/mol. The Balaban J connectivity index is 1.62. The molecule has 0 radical (unpaired) electrons. The Morgan fingerprint density at radius 3 is 2.46 bits per heavy atom. The minimum atomic E-state index is -3.78. The first kappa shape index (κ1) is 18.5. The van der Waals surface area contributed by atoms with E-state index in [4.69, 9.17) is 4.74 Å². The zero-order chi connectivity index (χ0) is 19.7. The summed E-state index contributed by atoms with van der Waals surface area (Å²) in [7, 11) is -0.918. The molecule has 0 bridgehead atoms. The first-order valence-corrected chi connectivity index (χ1v) is 10.6. The van der Waals surface area contributed by atoms with Crippen LogP contribution >= 0.6 is 11.3 Å². The van der Waals surface area contributed by atoms with Gasteiger partial charge in [-0.15, -0.1) is 0 Å². The number of fused-ring (bicyclic) bond motifs is 2. The first-order valence-electron chi connectivity index (χ1n) is 8.37. The molecule has 28 heavy (non-hydrogen) atoms. The molecular formula is C18H17N5O3S2. The fourth-order valence-corrected chi connectivity index (χ4v) is 4.12. The molecule has 2 aromatic carbocycles. The van der Waals surface area contributed by atoms with Crippen molar-refractivity contribution in [1.29, 1.82) is 0 Å². The van der Waals surface area contributed by atoms with Gasteiger partial charge in [0.2, 0.25) is 5.88 Å². The van der Waals surface area contributed by atoms with Gasteiger partial charge in [-0.05, 0) is 24.3 Å². The van der Waals surface area contributed by atoms with E-state index in [0.29, 0.717) is 16.0 Å². The van der Waals surface area contributed by atoms with Crippen LogP contribution in [0.2, 0.25) is 0 Å². The Hall–Kier alpha value is -2.82. The van der Waals surface area contributed by atoms with E-state index >= 15 is 0 Å². The van der Waals surface area contributed by atoms with Crippen molar-refractivity contribution in [3.05, 3.63) is 48.5 Å². The fourth-order valence-electron chi connectivity index (χ4n) is 2.53. The summed E-state index contributed by atoms with van der Waals surface area (Å²) in [5.41, 5.74) is 1.40. The minimum absolute atomic E-state index is 0.0856. The number of hydrogen-bond acceptors (Lipinski definition) is 8. The third kappa shape index (κ3) is 3.49. The van der Waals surface area contributed by atoms with Crippen molar-refractivity contribution in [3.63, 3.8) is 0 Å². The maximum Gasteiger partial charge on any atom is 0.278 e. The van der Waals surface area contributed by atoms with Gasteiger partial charge >= 0.3 is 0 Å². The topological polar surface area (TPSA) is 97.3 Å². The van der Waals surface area contributed by atoms with E-state index in [-0.39, 0.29) is 17.8 Å². The van der Waals surface area contributed by atoms with E-state index in [1.807, 2.05) is 30.3 Å². The average Bonchev–Trinajstić information content (AvgIpc) is 3.10. The number of rotatable bonds is 6. The Bertz CT molecular complexity index is 1220. The molecule has 0 saturated heterocycles. The van der Waals surface area contributed by atoms with Crippen LogP contribution in [0.5, 0.6) is 5.88 Å². The second-order valence-corrected chi connectivity index (χ2v) is 9.14. The second-order valence-electron chi connectivity index (χ2n) is 6.07. The molecule has 0 saturated carbocycles. The SMILES string of the molecule is CN(C)S(=O)(=O)c1nc(OCNc2nc3ccccc3s2)c2ccccc2n1. The molecule has 0 atom stereocenters. The lowest BCUT2D eigenvalue weighted by atomic mass is 10.2. The van der Waals surface area contributed by atoms with E-state index in [0.717, 1.165) is 14.5 Å². The van der Waals surface area contributed by atoms with Crippen LogP contribution in [0.1, 0.15) is 0 Å². The van der Waals surface area contributed by atoms with Gasteiger partial charge in [-0.1, -0.05) is 35.6 Å². The van der Waals surface area contributed by atoms with Gasteiger partial charge in [0.1, 0.15) is 0 Å². The summed E-state index contributed by atoms with van der Waals surface area (Å²) in [5, 5.41) is 4.13. The predicted molar refractivity (Wildman–Crippen MR) is 109 cm³/mol. The van der Waals surface area contributed by atoms with Gasteiger partial charge in [-0.25, -0.2) is 22.7 Å². The van der Waals surface area contributed by atoms with Crippen LogP contribution in [-0.4, -0.2) is 48.5 Å². The standard InChI is InChI=1S/C18H17N5O3S2/c1-23(2)28(24,25)18-21-13-8-4-3-7-12(13)16(22-18)26-11-19-17-20-14-9-5-6-10-15(14)27-17/h3-10H,11H2,1-2H3,(H,19,20). The molecule has 2 aromatic heterocycles. The smallest absolute Gasteiger partial charge is 0.278 e. The van der Waals surface area contributed by atoms with E-state index < -0.39 is 10.0 Å². The molecule has 144 valence electrons. The second kappa shape index (κ2) is 7.30. The number of hydrogen-bond donors (Lipinski definition) is 1. The number of aromatic nitrogens is 3. The number of thiazole rings is 1. The van der Waals surface area contributed by atoms with Crippen molar-refractivity contribution >= 4 is 47.6 Å². The molecule has 0 unspecified atom stereocenters. The number of sulfonamides is 1. The Labute approximate surface area is 165 Å². The summed E-state index contributed by atoms with van der Waals surface area (Å²) in [6.07, 6.45) is 0. The Kier molecular flexibility index (Phi) is 4.84. The number of nitrogens with zero attached hydrogens (tertiary/aromatic N) is 4. The van der Waals surface area contributed by atoms with Crippen LogP contribution in [-0.2, 0) is 10.0 Å². The molecule has 0 aliphatic carbocycles. The lowest BCUT2D eigenvalue weighted by Crippen LogP contribution is -2.24. The highest BCUT2D eigenvalue weighted by Crippen LogP contribution is 2.27. The molecule has 0 aliphatic heterocycles. The summed E-state index contributed by atoms with van der Waals surface area (Å²) >= 11 is 1.51. The van der Waals surface area contributed by atoms with Gasteiger partial charge in [0.05, 0.1) is 21.1 Å². The molecule has 8 nitrogen and oxygen atoms in total. The summed E-state index contributed by atoms with van der Waals surface area (Å²) in [4.78, 5) is 12.8. The highest BCUT2D eigenvalue weighted by Gasteiger charge is 2.23. The maximum atomic E-state index is 12.4. The van der Waals surface area contributed by atoms with Crippen LogP contribution in [0, 0.1) is 0 Å². The summed E-state index contributed by atoms with van der Waals surface area (Å²) in [6.45, 7) is 0.0856. The van der Waals surface area contributed by atoms with Gasteiger partial charge in [0.15, 0.2) is 11.9 Å². The molecule has 2 heterocycles.